The zero-order valence-corrected chi connectivity index (χ0v) is 10.3. The van der Waals surface area contributed by atoms with Gasteiger partial charge in [-0.3, -0.25) is 0 Å². The van der Waals surface area contributed by atoms with Gasteiger partial charge >= 0.3 is 0 Å². The summed E-state index contributed by atoms with van der Waals surface area (Å²) in [5.41, 5.74) is 0.214. The Bertz CT molecular complexity index is 580. The zero-order chi connectivity index (χ0) is 13.1. The normalized spacial score (nSPS) is 11.2. The third kappa shape index (κ3) is 2.44. The molecular formula is C11H11N3O2S. The topological polar surface area (TPSA) is 85.0 Å². The van der Waals surface area contributed by atoms with Crippen molar-refractivity contribution in [2.45, 2.75) is 10.8 Å². The first kappa shape index (κ1) is 13.2. The van der Waals surface area contributed by atoms with Gasteiger partial charge < -0.3 is 0 Å². The van der Waals surface area contributed by atoms with Gasteiger partial charge in [0.15, 0.2) is 5.92 Å². The van der Waals surface area contributed by atoms with Gasteiger partial charge in [0.25, 0.3) is 0 Å². The summed E-state index contributed by atoms with van der Waals surface area (Å²) in [5.74, 6) is -1.08. The summed E-state index contributed by atoms with van der Waals surface area (Å²) in [4.78, 5) is -0.00176. The van der Waals surface area contributed by atoms with Gasteiger partial charge in [-0.05, 0) is 6.07 Å². The molecule has 17 heavy (non-hydrogen) atoms. The molecule has 0 radical (unpaired) electrons. The van der Waals surface area contributed by atoms with E-state index in [9.17, 15) is 8.42 Å². The van der Waals surface area contributed by atoms with Crippen molar-refractivity contribution in [2.24, 2.45) is 0 Å². The molecule has 1 aromatic carbocycles. The lowest BCUT2D eigenvalue weighted by Gasteiger charge is -2.15. The molecule has 0 saturated carbocycles. The summed E-state index contributed by atoms with van der Waals surface area (Å²) in [6.45, 7) is 0. The Morgan fingerprint density at radius 2 is 1.71 bits per heavy atom. The largest absolute Gasteiger partial charge is 0.242 e. The fraction of sp³-hybridized carbons (Fsp3) is 0.273. The smallest absolute Gasteiger partial charge is 0.207 e. The molecule has 0 atom stereocenters. The second kappa shape index (κ2) is 4.96. The maximum atomic E-state index is 12.0. The number of rotatable bonds is 3. The second-order valence-electron chi connectivity index (χ2n) is 3.52. The Labute approximate surface area is 101 Å². The molecule has 0 aliphatic rings. The van der Waals surface area contributed by atoms with Gasteiger partial charge in [-0.15, -0.1) is 0 Å². The van der Waals surface area contributed by atoms with Crippen molar-refractivity contribution in [2.75, 3.05) is 14.1 Å². The SMILES string of the molecule is CN(C)S(=O)(=O)c1ccccc1C(C#N)C#N. The molecule has 0 saturated heterocycles. The molecular weight excluding hydrogens is 238 g/mol. The molecule has 0 N–H and O–H groups in total. The molecule has 88 valence electrons. The van der Waals surface area contributed by atoms with Crippen molar-refractivity contribution in [3.05, 3.63) is 29.8 Å². The third-order valence-corrected chi connectivity index (χ3v) is 4.14. The van der Waals surface area contributed by atoms with Gasteiger partial charge in [-0.2, -0.15) is 10.5 Å². The molecule has 0 spiro atoms. The van der Waals surface area contributed by atoms with Crippen molar-refractivity contribution in [1.82, 2.24) is 4.31 Å². The maximum absolute atomic E-state index is 12.0. The van der Waals surface area contributed by atoms with E-state index in [2.05, 4.69) is 0 Å². The molecule has 0 aromatic heterocycles. The van der Waals surface area contributed by atoms with E-state index in [1.54, 1.807) is 24.3 Å². The summed E-state index contributed by atoms with van der Waals surface area (Å²) in [6.07, 6.45) is 0. The Balaban J connectivity index is 3.49. The minimum absolute atomic E-state index is 0.00176. The predicted molar refractivity (Wildman–Crippen MR) is 61.3 cm³/mol. The summed E-state index contributed by atoms with van der Waals surface area (Å²) >= 11 is 0. The van der Waals surface area contributed by atoms with Crippen LogP contribution < -0.4 is 0 Å². The van der Waals surface area contributed by atoms with E-state index in [0.717, 1.165) is 4.31 Å². The highest BCUT2D eigenvalue weighted by molar-refractivity contribution is 7.89. The maximum Gasteiger partial charge on any atom is 0.242 e. The molecule has 6 heteroatoms. The Hall–Kier alpha value is -1.89. The van der Waals surface area contributed by atoms with E-state index in [0.29, 0.717) is 0 Å². The summed E-state index contributed by atoms with van der Waals surface area (Å²) in [5, 5.41) is 17.7. The van der Waals surface area contributed by atoms with Crippen LogP contribution in [0.5, 0.6) is 0 Å². The third-order valence-electron chi connectivity index (χ3n) is 2.25. The first-order valence-electron chi connectivity index (χ1n) is 4.76. The van der Waals surface area contributed by atoms with Gasteiger partial charge in [-0.1, -0.05) is 18.2 Å². The number of nitrogens with zero attached hydrogens (tertiary/aromatic N) is 3. The highest BCUT2D eigenvalue weighted by Crippen LogP contribution is 2.24. The quantitative estimate of drug-likeness (QED) is 0.801. The van der Waals surface area contributed by atoms with Crippen LogP contribution in [0.2, 0.25) is 0 Å². The van der Waals surface area contributed by atoms with E-state index in [4.69, 9.17) is 10.5 Å². The van der Waals surface area contributed by atoms with Crippen LogP contribution in [0, 0.1) is 22.7 Å². The van der Waals surface area contributed by atoms with Crippen molar-refractivity contribution >= 4 is 10.0 Å². The van der Waals surface area contributed by atoms with E-state index in [1.807, 2.05) is 0 Å². The monoisotopic (exact) mass is 249 g/mol. The number of hydrogen-bond acceptors (Lipinski definition) is 4. The number of benzene rings is 1. The Morgan fingerprint density at radius 3 is 2.18 bits per heavy atom. The lowest BCUT2D eigenvalue weighted by molar-refractivity contribution is 0.519. The average Bonchev–Trinajstić information content (AvgIpc) is 2.31. The van der Waals surface area contributed by atoms with Crippen molar-refractivity contribution in [1.29, 1.82) is 10.5 Å². The lowest BCUT2D eigenvalue weighted by Crippen LogP contribution is -2.23. The Morgan fingerprint density at radius 1 is 1.18 bits per heavy atom. The lowest BCUT2D eigenvalue weighted by atomic mass is 10.0. The molecule has 1 aromatic rings. The minimum atomic E-state index is -3.64. The molecule has 0 fully saturated rings. The van der Waals surface area contributed by atoms with Crippen molar-refractivity contribution < 1.29 is 8.42 Å². The van der Waals surface area contributed by atoms with Gasteiger partial charge in [0.1, 0.15) is 0 Å². The van der Waals surface area contributed by atoms with Gasteiger partial charge in [0.05, 0.1) is 17.0 Å². The molecule has 5 nitrogen and oxygen atoms in total. The van der Waals surface area contributed by atoms with Gasteiger partial charge in [0, 0.05) is 19.7 Å². The number of hydrogen-bond donors (Lipinski definition) is 0. The molecule has 1 rings (SSSR count). The van der Waals surface area contributed by atoms with Crippen LogP contribution in [0.3, 0.4) is 0 Å². The highest BCUT2D eigenvalue weighted by Gasteiger charge is 2.24. The van der Waals surface area contributed by atoms with E-state index >= 15 is 0 Å². The molecule has 0 amide bonds. The average molecular weight is 249 g/mol. The van der Waals surface area contributed by atoms with Crippen LogP contribution in [0.15, 0.2) is 29.2 Å². The van der Waals surface area contributed by atoms with Crippen molar-refractivity contribution in [3.63, 3.8) is 0 Å². The minimum Gasteiger partial charge on any atom is -0.207 e. The molecule has 0 unspecified atom stereocenters. The fourth-order valence-electron chi connectivity index (χ4n) is 1.32. The van der Waals surface area contributed by atoms with Crippen LogP contribution in [0.4, 0.5) is 0 Å². The molecule has 0 aliphatic carbocycles. The van der Waals surface area contributed by atoms with E-state index in [1.165, 1.54) is 26.2 Å². The summed E-state index contributed by atoms with van der Waals surface area (Å²) in [6, 6.07) is 9.59. The Kier molecular flexibility index (Phi) is 3.84. The van der Waals surface area contributed by atoms with Crippen LogP contribution in [0.25, 0.3) is 0 Å². The van der Waals surface area contributed by atoms with E-state index in [-0.39, 0.29) is 10.5 Å². The van der Waals surface area contributed by atoms with Gasteiger partial charge in [-0.25, -0.2) is 12.7 Å². The van der Waals surface area contributed by atoms with Crippen LogP contribution in [-0.4, -0.2) is 26.8 Å². The highest BCUT2D eigenvalue weighted by atomic mass is 32.2. The van der Waals surface area contributed by atoms with Crippen molar-refractivity contribution in [3.8, 4) is 12.1 Å². The second-order valence-corrected chi connectivity index (χ2v) is 5.64. The van der Waals surface area contributed by atoms with Crippen LogP contribution >= 0.6 is 0 Å². The molecule has 0 heterocycles. The first-order valence-corrected chi connectivity index (χ1v) is 6.20. The van der Waals surface area contributed by atoms with E-state index < -0.39 is 15.9 Å². The predicted octanol–water partition coefficient (Wildman–Crippen LogP) is 1.07. The fourth-order valence-corrected chi connectivity index (χ4v) is 2.45. The molecule has 0 bridgehead atoms. The molecule has 0 aliphatic heterocycles. The van der Waals surface area contributed by atoms with Crippen LogP contribution in [-0.2, 0) is 10.0 Å². The summed E-state index contributed by atoms with van der Waals surface area (Å²) < 4.78 is 25.0. The van der Waals surface area contributed by atoms with Crippen LogP contribution in [0.1, 0.15) is 11.5 Å². The van der Waals surface area contributed by atoms with Gasteiger partial charge in [0.2, 0.25) is 10.0 Å². The number of sulfonamides is 1. The first-order chi connectivity index (χ1) is 7.95. The standard InChI is InChI=1S/C11H11N3O2S/c1-14(2)17(15,16)11-6-4-3-5-10(11)9(7-12)8-13/h3-6,9H,1-2H3. The zero-order valence-electron chi connectivity index (χ0n) is 9.45. The summed E-state index contributed by atoms with van der Waals surface area (Å²) in [7, 11) is -0.836. The number of nitriles is 2.